The monoisotopic (exact) mass is 1890 g/mol. The number of nitrogens with zero attached hydrogens (tertiary/aromatic N) is 10. The van der Waals surface area contributed by atoms with Gasteiger partial charge in [-0.1, -0.05) is 63.2 Å². The van der Waals surface area contributed by atoms with Crippen molar-refractivity contribution in [3.63, 3.8) is 0 Å². The molecule has 8 heterocycles. The van der Waals surface area contributed by atoms with Gasteiger partial charge in [-0.3, -0.25) is 29.4 Å². The lowest BCUT2D eigenvalue weighted by atomic mass is 9.80. The molecule has 0 spiro atoms. The van der Waals surface area contributed by atoms with Gasteiger partial charge in [0.2, 0.25) is 5.75 Å². The summed E-state index contributed by atoms with van der Waals surface area (Å²) in [5, 5.41) is 30.6. The zero-order valence-electron chi connectivity index (χ0n) is 64.5. The van der Waals surface area contributed by atoms with Crippen LogP contribution >= 0.6 is 58.0 Å². The Morgan fingerprint density at radius 2 is 0.812 bits per heavy atom. The molecule has 1 amide bonds. The Balaban J connectivity index is 0.000000148. The van der Waals surface area contributed by atoms with Gasteiger partial charge in [0.05, 0.1) is 93.1 Å². The van der Waals surface area contributed by atoms with Crippen LogP contribution in [-0.4, -0.2) is 90.6 Å². The Morgan fingerprint density at radius 3 is 1.22 bits per heavy atom. The van der Waals surface area contributed by atoms with Gasteiger partial charge in [-0.15, -0.1) is 21.7 Å². The summed E-state index contributed by atoms with van der Waals surface area (Å²) in [6, 6.07) is 27.5. The van der Waals surface area contributed by atoms with E-state index in [1.807, 2.05) is 0 Å². The van der Waals surface area contributed by atoms with Gasteiger partial charge in [0.1, 0.15) is 110 Å². The van der Waals surface area contributed by atoms with Gasteiger partial charge in [-0.25, -0.2) is 99.7 Å². The number of methoxy groups -OCH3 is 1. The maximum atomic E-state index is 14.5. The molecule has 0 saturated heterocycles. The molecule has 8 aromatic carbocycles. The van der Waals surface area contributed by atoms with Crippen molar-refractivity contribution in [1.29, 1.82) is 0 Å². The number of hydrogen-bond donors (Lipinski definition) is 9. The molecule has 128 heavy (non-hydrogen) atoms. The second kappa shape index (κ2) is 40.9. The molecule has 26 nitrogen and oxygen atoms in total. The van der Waals surface area contributed by atoms with E-state index in [0.29, 0.717) is 45.7 Å². The number of esters is 1. The van der Waals surface area contributed by atoms with E-state index >= 15 is 0 Å². The first kappa shape index (κ1) is 93.8. The van der Waals surface area contributed by atoms with E-state index in [1.54, 1.807) is 31.2 Å². The highest BCUT2D eigenvalue weighted by atomic mass is 35.5. The van der Waals surface area contributed by atoms with Crippen molar-refractivity contribution >= 4 is 141 Å². The van der Waals surface area contributed by atoms with Crippen LogP contribution in [0.15, 0.2) is 146 Å². The van der Waals surface area contributed by atoms with Gasteiger partial charge in [-0.05, 0) is 158 Å². The molecule has 0 radical (unpaired) electrons. The molecule has 0 bridgehead atoms. The molecular weight excluding hydrogens is 1840 g/mol. The average Bonchev–Trinajstić information content (AvgIpc) is 1.53. The van der Waals surface area contributed by atoms with Gasteiger partial charge >= 0.3 is 13.1 Å². The second-order valence-electron chi connectivity index (χ2n) is 26.4. The Bertz CT molecular complexity index is 6400. The molecule has 0 aliphatic carbocycles. The number of carbonyl (C=O) groups excluding carboxylic acids is 4. The summed E-state index contributed by atoms with van der Waals surface area (Å²) >= 11 is 29.3. The summed E-state index contributed by atoms with van der Waals surface area (Å²) in [6.07, 6.45) is 0. The first-order valence-electron chi connectivity index (χ1n) is 36.2. The fourth-order valence-electron chi connectivity index (χ4n) is 12.1. The zero-order chi connectivity index (χ0) is 92.4. The van der Waals surface area contributed by atoms with Gasteiger partial charge in [-0.2, -0.15) is 0 Å². The summed E-state index contributed by atoms with van der Waals surface area (Å²) in [5.41, 5.74) is 17.1. The van der Waals surface area contributed by atoms with E-state index in [0.717, 1.165) is 92.0 Å². The number of halogens is 21. The Hall–Kier alpha value is -13.4. The number of hydrogen-bond acceptors (Lipinski definition) is 24. The van der Waals surface area contributed by atoms with Crippen molar-refractivity contribution in [1.82, 2.24) is 56.9 Å². The number of fused-ring (bicyclic) bond motifs is 4. The molecule has 3 aliphatic heterocycles. The third kappa shape index (κ3) is 21.0. The van der Waals surface area contributed by atoms with Crippen molar-refractivity contribution < 1.29 is 114 Å². The van der Waals surface area contributed by atoms with E-state index in [1.165, 1.54) is 44.0 Å². The molecule has 0 saturated carbocycles. The normalized spacial score (nSPS) is 12.0. The quantitative estimate of drug-likeness (QED) is 0.00855. The van der Waals surface area contributed by atoms with Gasteiger partial charge < -0.3 is 45.9 Å². The minimum Gasteiger partial charge on any atom is -0.465 e. The molecule has 0 fully saturated rings. The smallest absolute Gasteiger partial charge is 0.465 e. The molecule has 9 N–H and O–H groups in total. The van der Waals surface area contributed by atoms with Crippen LogP contribution in [0.4, 0.5) is 105 Å². The standard InChI is InChI=1S/C21H14ClF4N5O.C20H13ClF4N4O2.C19H11ClF4N4O2.C12H8Cl2F2N4.C8H7BF2O4/c1-2-27-21(32)18-14(25)7-10(8-15(18)26)16-5-6-17-20(28-16)31(30-29-17)9-11-12(23)3-4-13(24)19(11)22;21-19-11(13(22)1-2-14(19)23)7-29-20-18(27-28-29)4-3-17(26-20)10-5-15(24)12(8-31-9-30)16(25)6-10;20-17-10(11(21)1-2-12(17)22)7-28-19-16(26-27-28)4-3-15(25-19)9-5-13(23)18(30-8-29)14(24)6-9;13-10-4-3-9-12(17-10)20(19-18-9)5-6-7(15)1-2-8(16)11(6)14;1-15-8(12)7-5(10)2-4(9(13)14)3-6(7)11/h3-8H,2,9H2,1H3,(H,27,32);1-6,9,27-28H,7-8H2;1-6,8,26-27H,7H2;1-4,18-19H,5H2;2-3,13-14H,1H3. The average molecular weight is 1890 g/mol. The predicted octanol–water partition coefficient (Wildman–Crippen LogP) is 16.3. The zero-order valence-corrected chi connectivity index (χ0v) is 68.3. The molecule has 16 rings (SSSR count). The van der Waals surface area contributed by atoms with Crippen LogP contribution in [0.25, 0.3) is 44.9 Å². The highest BCUT2D eigenvalue weighted by Gasteiger charge is 2.31. The van der Waals surface area contributed by atoms with Gasteiger partial charge in [0, 0.05) is 45.5 Å². The first-order valence-corrected chi connectivity index (χ1v) is 38.1. The number of ether oxygens (including phenoxy) is 3. The lowest BCUT2D eigenvalue weighted by molar-refractivity contribution is -0.130. The topological polar surface area (TPSA) is 313 Å². The van der Waals surface area contributed by atoms with Crippen LogP contribution in [0.1, 0.15) is 55.5 Å². The largest absolute Gasteiger partial charge is 0.488 e. The molecule has 3 aliphatic rings. The van der Waals surface area contributed by atoms with Crippen LogP contribution < -0.4 is 63.4 Å². The number of hydrazine groups is 6. The maximum Gasteiger partial charge on any atom is 0.488 e. The van der Waals surface area contributed by atoms with E-state index in [9.17, 15) is 89.4 Å². The number of benzene rings is 8. The Labute approximate surface area is 734 Å². The lowest BCUT2D eigenvalue weighted by Gasteiger charge is -2.19. The Morgan fingerprint density at radius 1 is 0.438 bits per heavy atom. The first-order chi connectivity index (χ1) is 61.1. The minimum atomic E-state index is -2.00. The SMILES string of the molecule is CCNC(=O)c1c(F)cc(-c2ccc3nnn(Cc4c(F)ccc(F)c4Cl)c3n2)cc1F.COC(=O)c1c(F)cc(B(O)O)cc1F.Fc1ccc(F)c(CN2NNc3ccc(Cl)nc32)c1Cl.O=COCc1c(F)cc(-c2ccc3c(n2)N(Cc2c(F)ccc(F)c2Cl)NN3)cc1F.O=COc1c(F)cc(-c2ccc3c(n2)N(Cc2c(F)ccc(F)c2Cl)NN3)cc1F. The molecule has 0 unspecified atom stereocenters. The minimum absolute atomic E-state index is 0.00420. The number of amides is 1. The number of pyridine rings is 4. The number of carbonyl (C=O) groups is 4. The summed E-state index contributed by atoms with van der Waals surface area (Å²) < 4.78 is 237. The second-order valence-corrected chi connectivity index (χ2v) is 28.3. The van der Waals surface area contributed by atoms with E-state index in [-0.39, 0.29) is 140 Å². The summed E-state index contributed by atoms with van der Waals surface area (Å²) in [4.78, 5) is 60.6. The fourth-order valence-corrected chi connectivity index (χ4v) is 13.1. The van der Waals surface area contributed by atoms with Crippen LogP contribution in [0, 0.1) is 93.1 Å². The Kier molecular flexibility index (Phi) is 30.0. The van der Waals surface area contributed by atoms with Gasteiger partial charge in [0.15, 0.2) is 34.7 Å². The molecular formula is C80H53BCl5F16N17O9. The highest BCUT2D eigenvalue weighted by Crippen LogP contribution is 2.39. The van der Waals surface area contributed by atoms with Gasteiger partial charge in [0.25, 0.3) is 18.9 Å². The van der Waals surface area contributed by atoms with Crippen molar-refractivity contribution in [3.05, 3.63) is 303 Å². The van der Waals surface area contributed by atoms with Crippen molar-refractivity contribution in [2.45, 2.75) is 39.7 Å². The molecule has 662 valence electrons. The van der Waals surface area contributed by atoms with Crippen molar-refractivity contribution in [2.24, 2.45) is 0 Å². The van der Waals surface area contributed by atoms with E-state index in [4.69, 9.17) is 68.1 Å². The molecule has 5 aromatic heterocycles. The number of nitrogens with one attached hydrogen (secondary N) is 7. The number of rotatable bonds is 20. The van der Waals surface area contributed by atoms with Crippen LogP contribution in [-0.2, 0) is 51.8 Å². The molecule has 0 atom stereocenters. The highest BCUT2D eigenvalue weighted by molar-refractivity contribution is 6.58. The van der Waals surface area contributed by atoms with E-state index < -0.39 is 146 Å². The van der Waals surface area contributed by atoms with Crippen molar-refractivity contribution in [2.75, 3.05) is 45.0 Å². The van der Waals surface area contributed by atoms with E-state index in [2.05, 4.69) is 82.7 Å². The third-order valence-corrected chi connectivity index (χ3v) is 20.2. The maximum absolute atomic E-state index is 14.5. The summed E-state index contributed by atoms with van der Waals surface area (Å²) in [5.74, 6) is -16.0. The summed E-state index contributed by atoms with van der Waals surface area (Å²) in [7, 11) is -1.02. The number of aromatic nitrogens is 7. The van der Waals surface area contributed by atoms with Crippen molar-refractivity contribution in [3.8, 4) is 39.5 Å². The number of anilines is 6. The van der Waals surface area contributed by atoms with Crippen LogP contribution in [0.2, 0.25) is 25.2 Å². The fraction of sp³-hybridized carbons (Fsp3) is 0.100. The van der Waals surface area contributed by atoms with Crippen LogP contribution in [0.3, 0.4) is 0 Å². The lowest BCUT2D eigenvalue weighted by Crippen LogP contribution is -2.36. The predicted molar refractivity (Wildman–Crippen MR) is 436 cm³/mol. The molecule has 13 aromatic rings. The molecule has 48 heteroatoms. The van der Waals surface area contributed by atoms with Crippen LogP contribution in [0.5, 0.6) is 5.75 Å². The third-order valence-electron chi connectivity index (χ3n) is 18.4. The summed E-state index contributed by atoms with van der Waals surface area (Å²) in [6.45, 7) is 0.672.